The summed E-state index contributed by atoms with van der Waals surface area (Å²) in [6.45, 7) is -2.92. The zero-order valence-electron chi connectivity index (χ0n) is 8.43. The lowest BCUT2D eigenvalue weighted by Crippen LogP contribution is -2.07. The molecule has 3 N–H and O–H groups in total. The van der Waals surface area contributed by atoms with Crippen LogP contribution in [-0.2, 0) is 0 Å². The van der Waals surface area contributed by atoms with Crippen molar-refractivity contribution in [2.45, 2.75) is 6.61 Å². The Morgan fingerprint density at radius 3 is 2.71 bits per heavy atom. The predicted octanol–water partition coefficient (Wildman–Crippen LogP) is 2.11. The number of benzene rings is 1. The molecule has 1 aromatic heterocycles. The highest BCUT2D eigenvalue weighted by molar-refractivity contribution is 7.71. The van der Waals surface area contributed by atoms with Crippen molar-refractivity contribution >= 4 is 18.2 Å². The van der Waals surface area contributed by atoms with Gasteiger partial charge in [-0.1, -0.05) is 12.1 Å². The molecule has 0 atom stereocenters. The van der Waals surface area contributed by atoms with Crippen LogP contribution in [0.15, 0.2) is 24.3 Å². The van der Waals surface area contributed by atoms with E-state index in [0.717, 1.165) is 0 Å². The Bertz CT molecular complexity index is 580. The van der Waals surface area contributed by atoms with Gasteiger partial charge in [0.15, 0.2) is 0 Å². The smallest absolute Gasteiger partial charge is 0.387 e. The van der Waals surface area contributed by atoms with Gasteiger partial charge < -0.3 is 10.5 Å². The fourth-order valence-corrected chi connectivity index (χ4v) is 1.62. The molecule has 0 saturated heterocycles. The summed E-state index contributed by atoms with van der Waals surface area (Å²) in [7, 11) is 0. The molecule has 2 rings (SSSR count). The average molecular weight is 258 g/mol. The topological polar surface area (TPSA) is 68.9 Å². The van der Waals surface area contributed by atoms with Crippen LogP contribution in [0.2, 0.25) is 0 Å². The van der Waals surface area contributed by atoms with Crippen molar-refractivity contribution in [2.24, 2.45) is 0 Å². The molecule has 0 unspecified atom stereocenters. The van der Waals surface area contributed by atoms with Gasteiger partial charge in [0, 0.05) is 0 Å². The number of hydrogen-bond donors (Lipinski definition) is 2. The maximum atomic E-state index is 12.2. The fourth-order valence-electron chi connectivity index (χ4n) is 1.38. The van der Waals surface area contributed by atoms with E-state index in [1.807, 2.05) is 0 Å². The van der Waals surface area contributed by atoms with Crippen LogP contribution in [0, 0.1) is 4.77 Å². The quantitative estimate of drug-likeness (QED) is 0.827. The van der Waals surface area contributed by atoms with Gasteiger partial charge >= 0.3 is 6.61 Å². The zero-order chi connectivity index (χ0) is 12.4. The van der Waals surface area contributed by atoms with E-state index in [1.165, 1.54) is 10.6 Å². The standard InChI is InChI=1S/C9H8F2N4OS/c10-7(11)16-6-4-2-1-3-5(6)15-8(12)13-14-9(15)17/h1-4,7H,(H2,12,13)(H,14,17). The van der Waals surface area contributed by atoms with Crippen molar-refractivity contribution in [3.05, 3.63) is 29.0 Å². The maximum absolute atomic E-state index is 12.2. The average Bonchev–Trinajstić information content (AvgIpc) is 2.59. The first-order valence-corrected chi connectivity index (χ1v) is 4.97. The van der Waals surface area contributed by atoms with Crippen LogP contribution in [0.3, 0.4) is 0 Å². The predicted molar refractivity (Wildman–Crippen MR) is 59.8 cm³/mol. The van der Waals surface area contributed by atoms with Gasteiger partial charge in [-0.3, -0.25) is 4.57 Å². The highest BCUT2D eigenvalue weighted by Crippen LogP contribution is 2.25. The van der Waals surface area contributed by atoms with Gasteiger partial charge in [0.1, 0.15) is 5.75 Å². The largest absolute Gasteiger partial charge is 0.433 e. The molecule has 0 aliphatic carbocycles. The summed E-state index contributed by atoms with van der Waals surface area (Å²) >= 11 is 4.95. The molecule has 0 bridgehead atoms. The third-order valence-corrected chi connectivity index (χ3v) is 2.29. The summed E-state index contributed by atoms with van der Waals surface area (Å²) in [6.07, 6.45) is 0. The SMILES string of the molecule is Nc1n[nH]c(=S)n1-c1ccccc1OC(F)F. The molecule has 8 heteroatoms. The molecule has 17 heavy (non-hydrogen) atoms. The first-order chi connectivity index (χ1) is 8.09. The molecule has 0 amide bonds. The molecule has 2 aromatic rings. The number of nitrogens with two attached hydrogens (primary N) is 1. The molecule has 0 aliphatic heterocycles. The summed E-state index contributed by atoms with van der Waals surface area (Å²) in [4.78, 5) is 0. The number of H-pyrrole nitrogens is 1. The summed E-state index contributed by atoms with van der Waals surface area (Å²) in [5.41, 5.74) is 5.89. The highest BCUT2D eigenvalue weighted by Gasteiger charge is 2.13. The van der Waals surface area contributed by atoms with Crippen LogP contribution in [-0.4, -0.2) is 21.4 Å². The number of ether oxygens (including phenoxy) is 1. The Hall–Kier alpha value is -1.96. The summed E-state index contributed by atoms with van der Waals surface area (Å²) in [5, 5.41) is 6.16. The minimum atomic E-state index is -2.92. The first-order valence-electron chi connectivity index (χ1n) is 4.56. The number of anilines is 1. The van der Waals surface area contributed by atoms with Gasteiger partial charge in [-0.15, -0.1) is 5.10 Å². The van der Waals surface area contributed by atoms with E-state index in [9.17, 15) is 8.78 Å². The number of nitrogens with one attached hydrogen (secondary N) is 1. The molecule has 0 aliphatic rings. The number of para-hydroxylation sites is 2. The number of aromatic nitrogens is 3. The maximum Gasteiger partial charge on any atom is 0.387 e. The van der Waals surface area contributed by atoms with Gasteiger partial charge in [0.05, 0.1) is 5.69 Å². The Morgan fingerprint density at radius 1 is 1.41 bits per heavy atom. The number of nitrogen functional groups attached to an aromatic ring is 1. The first kappa shape index (κ1) is 11.5. The van der Waals surface area contributed by atoms with Crippen LogP contribution in [0.5, 0.6) is 5.75 Å². The van der Waals surface area contributed by atoms with E-state index in [2.05, 4.69) is 14.9 Å². The van der Waals surface area contributed by atoms with Crippen LogP contribution in [0.4, 0.5) is 14.7 Å². The van der Waals surface area contributed by atoms with Gasteiger partial charge in [-0.2, -0.15) is 8.78 Å². The van der Waals surface area contributed by atoms with Crippen molar-refractivity contribution in [3.8, 4) is 11.4 Å². The molecule has 1 heterocycles. The number of aromatic amines is 1. The Kier molecular flexibility index (Phi) is 3.05. The zero-order valence-corrected chi connectivity index (χ0v) is 9.25. The van der Waals surface area contributed by atoms with E-state index >= 15 is 0 Å². The second-order valence-electron chi connectivity index (χ2n) is 3.07. The van der Waals surface area contributed by atoms with E-state index < -0.39 is 6.61 Å². The fraction of sp³-hybridized carbons (Fsp3) is 0.111. The third-order valence-electron chi connectivity index (χ3n) is 2.02. The number of alkyl halides is 2. The molecule has 0 saturated carbocycles. The Morgan fingerprint density at radius 2 is 2.12 bits per heavy atom. The molecule has 0 fully saturated rings. The molecule has 90 valence electrons. The van der Waals surface area contributed by atoms with Crippen molar-refractivity contribution in [3.63, 3.8) is 0 Å². The summed E-state index contributed by atoms with van der Waals surface area (Å²) in [6, 6.07) is 6.18. The molecule has 0 spiro atoms. The minimum Gasteiger partial charge on any atom is -0.433 e. The van der Waals surface area contributed by atoms with Gasteiger partial charge in [-0.25, -0.2) is 5.10 Å². The second kappa shape index (κ2) is 4.50. The van der Waals surface area contributed by atoms with Crippen LogP contribution >= 0.6 is 12.2 Å². The molecular formula is C9H8F2N4OS. The van der Waals surface area contributed by atoms with Crippen molar-refractivity contribution < 1.29 is 13.5 Å². The van der Waals surface area contributed by atoms with E-state index in [-0.39, 0.29) is 16.5 Å². The summed E-state index contributed by atoms with van der Waals surface area (Å²) in [5.74, 6) is 0.0482. The van der Waals surface area contributed by atoms with Crippen molar-refractivity contribution in [2.75, 3.05) is 5.73 Å². The lowest BCUT2D eigenvalue weighted by atomic mass is 10.3. The third kappa shape index (κ3) is 2.26. The highest BCUT2D eigenvalue weighted by atomic mass is 32.1. The molecular weight excluding hydrogens is 250 g/mol. The van der Waals surface area contributed by atoms with Crippen molar-refractivity contribution in [1.82, 2.24) is 14.8 Å². The lowest BCUT2D eigenvalue weighted by Gasteiger charge is -2.11. The van der Waals surface area contributed by atoms with E-state index in [0.29, 0.717) is 5.69 Å². The van der Waals surface area contributed by atoms with Crippen LogP contribution in [0.25, 0.3) is 5.69 Å². The number of halogens is 2. The van der Waals surface area contributed by atoms with E-state index in [1.54, 1.807) is 18.2 Å². The van der Waals surface area contributed by atoms with Gasteiger partial charge in [0.2, 0.25) is 10.7 Å². The lowest BCUT2D eigenvalue weighted by molar-refractivity contribution is -0.0498. The van der Waals surface area contributed by atoms with Gasteiger partial charge in [0.25, 0.3) is 0 Å². The number of rotatable bonds is 3. The van der Waals surface area contributed by atoms with Crippen molar-refractivity contribution in [1.29, 1.82) is 0 Å². The van der Waals surface area contributed by atoms with Crippen LogP contribution < -0.4 is 10.5 Å². The minimum absolute atomic E-state index is 0.0216. The number of nitrogens with zero attached hydrogens (tertiary/aromatic N) is 2. The monoisotopic (exact) mass is 258 g/mol. The van der Waals surface area contributed by atoms with E-state index in [4.69, 9.17) is 18.0 Å². The molecule has 1 aromatic carbocycles. The summed E-state index contributed by atoms with van der Waals surface area (Å²) < 4.78 is 30.4. The van der Waals surface area contributed by atoms with Gasteiger partial charge in [-0.05, 0) is 24.4 Å². The second-order valence-corrected chi connectivity index (χ2v) is 3.46. The molecule has 0 radical (unpaired) electrons. The number of hydrogen-bond acceptors (Lipinski definition) is 4. The Balaban J connectivity index is 2.56. The normalized spacial score (nSPS) is 10.8. The van der Waals surface area contributed by atoms with Crippen LogP contribution in [0.1, 0.15) is 0 Å². The molecule has 5 nitrogen and oxygen atoms in total. The Labute approximate surface area is 99.8 Å².